The van der Waals surface area contributed by atoms with Crippen LogP contribution < -0.4 is 5.32 Å². The van der Waals surface area contributed by atoms with Gasteiger partial charge in [-0.3, -0.25) is 4.79 Å². The summed E-state index contributed by atoms with van der Waals surface area (Å²) >= 11 is 6.11. The van der Waals surface area contributed by atoms with Crippen molar-refractivity contribution in [2.24, 2.45) is 0 Å². The molecule has 0 spiro atoms. The van der Waals surface area contributed by atoms with Crippen molar-refractivity contribution >= 4 is 29.2 Å². The fourth-order valence-electron chi connectivity index (χ4n) is 2.67. The van der Waals surface area contributed by atoms with E-state index in [2.05, 4.69) is 15.0 Å². The number of nitrogens with zero attached hydrogens (tertiary/aromatic N) is 1. The van der Waals surface area contributed by atoms with Crippen molar-refractivity contribution in [1.82, 2.24) is 4.98 Å². The number of carbonyl (C=O) groups excluding carboxylic acids is 2. The zero-order valence-corrected chi connectivity index (χ0v) is 16.2. The van der Waals surface area contributed by atoms with Crippen molar-refractivity contribution in [2.45, 2.75) is 19.8 Å². The second-order valence-electron chi connectivity index (χ2n) is 6.12. The van der Waals surface area contributed by atoms with Crippen molar-refractivity contribution in [3.8, 4) is 11.5 Å². The lowest BCUT2D eigenvalue weighted by atomic mass is 10.1. The van der Waals surface area contributed by atoms with E-state index in [1.165, 1.54) is 25.3 Å². The molecule has 0 radical (unpaired) electrons. The number of carbonyl (C=O) groups is 2. The lowest BCUT2D eigenvalue weighted by molar-refractivity contribution is -0.116. The molecule has 3 rings (SSSR count). The maximum absolute atomic E-state index is 12.3. The zero-order valence-electron chi connectivity index (χ0n) is 15.5. The fourth-order valence-corrected chi connectivity index (χ4v) is 2.84. The van der Waals surface area contributed by atoms with Gasteiger partial charge in [0.1, 0.15) is 5.76 Å². The lowest BCUT2D eigenvalue weighted by Crippen LogP contribution is -2.14. The minimum Gasteiger partial charge on any atom is -0.465 e. The summed E-state index contributed by atoms with van der Waals surface area (Å²) in [6.07, 6.45) is 0.614. The van der Waals surface area contributed by atoms with Gasteiger partial charge in [0, 0.05) is 18.4 Å². The molecule has 0 aliphatic carbocycles. The molecule has 0 fully saturated rings. The molecule has 1 N–H and O–H groups in total. The minimum absolute atomic E-state index is 0.195. The molecule has 7 heteroatoms. The summed E-state index contributed by atoms with van der Waals surface area (Å²) in [6, 6.07) is 14.1. The molecule has 0 saturated carbocycles. The van der Waals surface area contributed by atoms with Gasteiger partial charge in [-0.2, -0.15) is 0 Å². The number of rotatable bonds is 6. The van der Waals surface area contributed by atoms with E-state index >= 15 is 0 Å². The Labute approximate surface area is 167 Å². The highest BCUT2D eigenvalue weighted by atomic mass is 35.5. The van der Waals surface area contributed by atoms with Gasteiger partial charge in [0.05, 0.1) is 29.1 Å². The molecule has 6 nitrogen and oxygen atoms in total. The van der Waals surface area contributed by atoms with E-state index in [-0.39, 0.29) is 12.3 Å². The van der Waals surface area contributed by atoms with Crippen molar-refractivity contribution in [3.05, 3.63) is 70.6 Å². The number of halogens is 1. The fraction of sp³-hybridized carbons (Fsp3) is 0.190. The number of oxazole rings is 1. The molecule has 1 aromatic heterocycles. The monoisotopic (exact) mass is 398 g/mol. The summed E-state index contributed by atoms with van der Waals surface area (Å²) < 4.78 is 10.4. The summed E-state index contributed by atoms with van der Waals surface area (Å²) in [4.78, 5) is 28.5. The highest BCUT2D eigenvalue weighted by Crippen LogP contribution is 2.25. The summed E-state index contributed by atoms with van der Waals surface area (Å²) in [7, 11) is 1.29. The summed E-state index contributed by atoms with van der Waals surface area (Å²) in [5, 5.41) is 3.06. The third kappa shape index (κ3) is 4.58. The number of nitrogens with one attached hydrogen (secondary N) is 1. The van der Waals surface area contributed by atoms with Gasteiger partial charge in [-0.05, 0) is 37.3 Å². The minimum atomic E-state index is -0.501. The van der Waals surface area contributed by atoms with E-state index in [0.717, 1.165) is 11.3 Å². The summed E-state index contributed by atoms with van der Waals surface area (Å²) in [5.74, 6) is 0.464. The molecule has 28 heavy (non-hydrogen) atoms. The van der Waals surface area contributed by atoms with Crippen LogP contribution in [-0.2, 0) is 16.0 Å². The van der Waals surface area contributed by atoms with Gasteiger partial charge in [0.25, 0.3) is 0 Å². The first kappa shape index (κ1) is 19.6. The number of amides is 1. The van der Waals surface area contributed by atoms with Crippen LogP contribution in [0.2, 0.25) is 5.02 Å². The van der Waals surface area contributed by atoms with Crippen LogP contribution >= 0.6 is 11.6 Å². The van der Waals surface area contributed by atoms with Crippen LogP contribution in [0.5, 0.6) is 0 Å². The molecule has 0 bridgehead atoms. The first-order valence-corrected chi connectivity index (χ1v) is 9.05. The Hall–Kier alpha value is -3.12. The van der Waals surface area contributed by atoms with Gasteiger partial charge in [0.2, 0.25) is 11.8 Å². The molecule has 0 saturated heterocycles. The maximum atomic E-state index is 12.3. The van der Waals surface area contributed by atoms with E-state index in [9.17, 15) is 9.59 Å². The Balaban J connectivity index is 1.65. The van der Waals surface area contributed by atoms with Crippen molar-refractivity contribution in [3.63, 3.8) is 0 Å². The molecule has 1 amide bonds. The molecular formula is C21H19ClN2O4. The van der Waals surface area contributed by atoms with Crippen molar-refractivity contribution in [1.29, 1.82) is 0 Å². The predicted molar refractivity (Wildman–Crippen MR) is 106 cm³/mol. The van der Waals surface area contributed by atoms with Crippen LogP contribution in [0.4, 0.5) is 5.69 Å². The first-order valence-electron chi connectivity index (χ1n) is 8.67. The molecule has 0 unspecified atom stereocenters. The topological polar surface area (TPSA) is 81.4 Å². The standard InChI is InChI=1S/C21H19ClN2O4/c1-13-17(24-20(28-13)14-6-4-3-5-7-14)10-11-19(25)23-18-12-15(21(26)27-2)8-9-16(18)22/h3-9,12H,10-11H2,1-2H3,(H,23,25). The summed E-state index contributed by atoms with van der Waals surface area (Å²) in [5.41, 5.74) is 2.27. The van der Waals surface area contributed by atoms with Crippen LogP contribution in [0.1, 0.15) is 28.2 Å². The molecule has 3 aromatic rings. The van der Waals surface area contributed by atoms with Gasteiger partial charge < -0.3 is 14.5 Å². The van der Waals surface area contributed by atoms with Crippen LogP contribution in [-0.4, -0.2) is 24.0 Å². The van der Waals surface area contributed by atoms with Crippen molar-refractivity contribution in [2.75, 3.05) is 12.4 Å². The van der Waals surface area contributed by atoms with E-state index in [1.54, 1.807) is 0 Å². The van der Waals surface area contributed by atoms with Gasteiger partial charge >= 0.3 is 5.97 Å². The van der Waals surface area contributed by atoms with Gasteiger partial charge in [-0.25, -0.2) is 9.78 Å². The number of anilines is 1. The number of ether oxygens (including phenoxy) is 1. The number of benzene rings is 2. The molecule has 0 aliphatic rings. The SMILES string of the molecule is COC(=O)c1ccc(Cl)c(NC(=O)CCc2nc(-c3ccccc3)oc2C)c1. The van der Waals surface area contributed by atoms with Gasteiger partial charge in [-0.15, -0.1) is 0 Å². The second kappa shape index (κ2) is 8.71. The molecule has 144 valence electrons. The van der Waals surface area contributed by atoms with E-state index in [0.29, 0.717) is 34.3 Å². The van der Waals surface area contributed by atoms with E-state index < -0.39 is 5.97 Å². The Kier molecular flexibility index (Phi) is 6.11. The number of aryl methyl sites for hydroxylation is 2. The molecular weight excluding hydrogens is 380 g/mol. The van der Waals surface area contributed by atoms with Crippen LogP contribution in [0.25, 0.3) is 11.5 Å². The molecule has 0 aliphatic heterocycles. The van der Waals surface area contributed by atoms with Crippen LogP contribution in [0.3, 0.4) is 0 Å². The predicted octanol–water partition coefficient (Wildman–Crippen LogP) is 4.66. The largest absolute Gasteiger partial charge is 0.465 e. The maximum Gasteiger partial charge on any atom is 0.337 e. The highest BCUT2D eigenvalue weighted by molar-refractivity contribution is 6.33. The number of methoxy groups -OCH3 is 1. The Bertz CT molecular complexity index is 999. The average molecular weight is 399 g/mol. The Morgan fingerprint density at radius 2 is 1.93 bits per heavy atom. The second-order valence-corrected chi connectivity index (χ2v) is 6.53. The lowest BCUT2D eigenvalue weighted by Gasteiger charge is -2.08. The zero-order chi connectivity index (χ0) is 20.1. The van der Waals surface area contributed by atoms with Crippen LogP contribution in [0.15, 0.2) is 52.9 Å². The Morgan fingerprint density at radius 1 is 1.18 bits per heavy atom. The van der Waals surface area contributed by atoms with E-state index in [1.807, 2.05) is 37.3 Å². The number of hydrogen-bond acceptors (Lipinski definition) is 5. The third-order valence-corrected chi connectivity index (χ3v) is 4.49. The molecule has 0 atom stereocenters. The number of hydrogen-bond donors (Lipinski definition) is 1. The normalized spacial score (nSPS) is 10.5. The van der Waals surface area contributed by atoms with Gasteiger partial charge in [-0.1, -0.05) is 29.8 Å². The smallest absolute Gasteiger partial charge is 0.337 e. The molecule has 1 heterocycles. The van der Waals surface area contributed by atoms with E-state index in [4.69, 9.17) is 16.0 Å². The summed E-state index contributed by atoms with van der Waals surface area (Å²) in [6.45, 7) is 1.82. The van der Waals surface area contributed by atoms with Crippen molar-refractivity contribution < 1.29 is 18.7 Å². The highest BCUT2D eigenvalue weighted by Gasteiger charge is 2.15. The van der Waals surface area contributed by atoms with Crippen LogP contribution in [0, 0.1) is 6.92 Å². The number of aromatic nitrogens is 1. The van der Waals surface area contributed by atoms with Gasteiger partial charge in [0.15, 0.2) is 0 Å². The Morgan fingerprint density at radius 3 is 2.64 bits per heavy atom. The first-order chi connectivity index (χ1) is 13.5. The molecule has 2 aromatic carbocycles. The number of esters is 1. The average Bonchev–Trinajstić information content (AvgIpc) is 3.09. The quantitative estimate of drug-likeness (QED) is 0.610. The third-order valence-electron chi connectivity index (χ3n) is 4.16.